The average molecular weight is 212 g/mol. The standard InChI is InChI=1S/C16H20/c1-3-4-5-6-7-9-12-15(2)16-13-10-8-11-14-16/h8,10-14H,3-6H2,1-2H3/b15-12+. The summed E-state index contributed by atoms with van der Waals surface area (Å²) >= 11 is 0. The molecule has 0 heteroatoms. The van der Waals surface area contributed by atoms with Gasteiger partial charge in [0.25, 0.3) is 0 Å². The smallest absolute Gasteiger partial charge is 0.00922 e. The van der Waals surface area contributed by atoms with Crippen molar-refractivity contribution in [1.82, 2.24) is 0 Å². The molecule has 0 spiro atoms. The second kappa shape index (κ2) is 7.77. The van der Waals surface area contributed by atoms with Crippen molar-refractivity contribution in [2.45, 2.75) is 39.5 Å². The predicted molar refractivity (Wildman–Crippen MR) is 72.0 cm³/mol. The minimum absolute atomic E-state index is 1.02. The maximum atomic E-state index is 3.19. The van der Waals surface area contributed by atoms with Gasteiger partial charge in [-0.3, -0.25) is 0 Å². The summed E-state index contributed by atoms with van der Waals surface area (Å²) in [5.41, 5.74) is 2.49. The normalized spacial score (nSPS) is 10.8. The summed E-state index contributed by atoms with van der Waals surface area (Å²) in [6, 6.07) is 10.4. The van der Waals surface area contributed by atoms with Gasteiger partial charge in [-0.25, -0.2) is 0 Å². The molecular weight excluding hydrogens is 192 g/mol. The summed E-state index contributed by atoms with van der Waals surface area (Å²) in [7, 11) is 0. The lowest BCUT2D eigenvalue weighted by atomic mass is 10.1. The molecule has 0 N–H and O–H groups in total. The number of hydrogen-bond donors (Lipinski definition) is 0. The first-order valence-corrected chi connectivity index (χ1v) is 6.05. The van der Waals surface area contributed by atoms with Gasteiger partial charge in [0.05, 0.1) is 0 Å². The lowest BCUT2D eigenvalue weighted by Crippen LogP contribution is -1.76. The summed E-state index contributed by atoms with van der Waals surface area (Å²) in [6.07, 6.45) is 6.81. The van der Waals surface area contributed by atoms with E-state index in [2.05, 4.69) is 50.0 Å². The van der Waals surface area contributed by atoms with E-state index in [1.165, 1.54) is 30.4 Å². The van der Waals surface area contributed by atoms with Gasteiger partial charge in [0.1, 0.15) is 0 Å². The Morgan fingerprint density at radius 3 is 2.62 bits per heavy atom. The molecule has 0 amide bonds. The van der Waals surface area contributed by atoms with E-state index in [0.29, 0.717) is 0 Å². The Labute approximate surface area is 99.4 Å². The Hall–Kier alpha value is -1.48. The fourth-order valence-corrected chi connectivity index (χ4v) is 1.48. The van der Waals surface area contributed by atoms with Crippen molar-refractivity contribution in [1.29, 1.82) is 0 Å². The molecule has 0 nitrogen and oxygen atoms in total. The van der Waals surface area contributed by atoms with Gasteiger partial charge >= 0.3 is 0 Å². The number of rotatable bonds is 4. The molecule has 0 radical (unpaired) electrons. The van der Waals surface area contributed by atoms with Crippen molar-refractivity contribution in [3.8, 4) is 11.8 Å². The lowest BCUT2D eigenvalue weighted by molar-refractivity contribution is 0.737. The van der Waals surface area contributed by atoms with Gasteiger partial charge in [-0.05, 0) is 30.6 Å². The van der Waals surface area contributed by atoms with Crippen LogP contribution in [0.5, 0.6) is 0 Å². The minimum atomic E-state index is 1.02. The summed E-state index contributed by atoms with van der Waals surface area (Å²) in [5.74, 6) is 6.32. The molecule has 0 aliphatic carbocycles. The Morgan fingerprint density at radius 2 is 1.94 bits per heavy atom. The van der Waals surface area contributed by atoms with Crippen LogP contribution in [-0.2, 0) is 0 Å². The molecule has 0 aliphatic heterocycles. The topological polar surface area (TPSA) is 0 Å². The van der Waals surface area contributed by atoms with Gasteiger partial charge in [0.15, 0.2) is 0 Å². The third-order valence-electron chi connectivity index (χ3n) is 2.53. The molecule has 0 unspecified atom stereocenters. The summed E-state index contributed by atoms with van der Waals surface area (Å²) in [6.45, 7) is 4.32. The average Bonchev–Trinajstić information content (AvgIpc) is 2.34. The third kappa shape index (κ3) is 4.84. The first-order chi connectivity index (χ1) is 7.84. The van der Waals surface area contributed by atoms with Crippen molar-refractivity contribution < 1.29 is 0 Å². The van der Waals surface area contributed by atoms with Gasteiger partial charge in [0, 0.05) is 6.42 Å². The van der Waals surface area contributed by atoms with Crippen molar-refractivity contribution in [3.63, 3.8) is 0 Å². The molecule has 0 saturated carbocycles. The van der Waals surface area contributed by atoms with Crippen molar-refractivity contribution in [2.24, 2.45) is 0 Å². The van der Waals surface area contributed by atoms with Crippen LogP contribution >= 0.6 is 0 Å². The predicted octanol–water partition coefficient (Wildman–Crippen LogP) is 4.67. The molecule has 16 heavy (non-hydrogen) atoms. The van der Waals surface area contributed by atoms with Gasteiger partial charge in [-0.2, -0.15) is 0 Å². The highest BCUT2D eigenvalue weighted by Crippen LogP contribution is 2.11. The molecule has 0 fully saturated rings. The molecule has 84 valence electrons. The molecular formula is C16H20. The molecule has 1 rings (SSSR count). The Balaban J connectivity index is 2.45. The number of benzene rings is 1. The van der Waals surface area contributed by atoms with Crippen LogP contribution in [0.15, 0.2) is 36.4 Å². The molecule has 0 heterocycles. The van der Waals surface area contributed by atoms with Crippen LogP contribution in [0.4, 0.5) is 0 Å². The van der Waals surface area contributed by atoms with E-state index in [9.17, 15) is 0 Å². The summed E-state index contributed by atoms with van der Waals surface area (Å²) in [5, 5.41) is 0. The van der Waals surface area contributed by atoms with E-state index in [1.807, 2.05) is 12.1 Å². The first-order valence-electron chi connectivity index (χ1n) is 6.05. The zero-order valence-electron chi connectivity index (χ0n) is 10.3. The monoisotopic (exact) mass is 212 g/mol. The van der Waals surface area contributed by atoms with Gasteiger partial charge < -0.3 is 0 Å². The van der Waals surface area contributed by atoms with Crippen LogP contribution in [-0.4, -0.2) is 0 Å². The molecule has 1 aromatic carbocycles. The molecule has 0 saturated heterocycles. The molecule has 0 aromatic heterocycles. The Kier molecular flexibility index (Phi) is 6.11. The maximum absolute atomic E-state index is 3.19. The summed E-state index contributed by atoms with van der Waals surface area (Å²) in [4.78, 5) is 0. The Bertz CT molecular complexity index is 373. The quantitative estimate of drug-likeness (QED) is 0.502. The van der Waals surface area contributed by atoms with Crippen LogP contribution in [0.3, 0.4) is 0 Å². The largest absolute Gasteiger partial charge is 0.0985 e. The summed E-state index contributed by atoms with van der Waals surface area (Å²) < 4.78 is 0. The molecule has 0 atom stereocenters. The van der Waals surface area contributed by atoms with Crippen molar-refractivity contribution >= 4 is 5.57 Å². The molecule has 1 aromatic rings. The minimum Gasteiger partial charge on any atom is -0.0985 e. The van der Waals surface area contributed by atoms with E-state index < -0.39 is 0 Å². The fourth-order valence-electron chi connectivity index (χ4n) is 1.48. The van der Waals surface area contributed by atoms with E-state index in [1.54, 1.807) is 0 Å². The SMILES string of the molecule is CCCCCC#C/C=C(\C)c1ccccc1. The van der Waals surface area contributed by atoms with E-state index in [4.69, 9.17) is 0 Å². The number of unbranched alkanes of at least 4 members (excludes halogenated alkanes) is 3. The van der Waals surface area contributed by atoms with Crippen LogP contribution in [0.25, 0.3) is 5.57 Å². The highest BCUT2D eigenvalue weighted by molar-refractivity contribution is 5.66. The lowest BCUT2D eigenvalue weighted by Gasteiger charge is -1.97. The van der Waals surface area contributed by atoms with Crippen molar-refractivity contribution in [2.75, 3.05) is 0 Å². The zero-order chi connectivity index (χ0) is 11.6. The third-order valence-corrected chi connectivity index (χ3v) is 2.53. The molecule has 0 aliphatic rings. The van der Waals surface area contributed by atoms with Gasteiger partial charge in [0.2, 0.25) is 0 Å². The second-order valence-corrected chi connectivity index (χ2v) is 3.97. The fraction of sp³-hybridized carbons (Fsp3) is 0.375. The highest BCUT2D eigenvalue weighted by atomic mass is 13.9. The number of allylic oxidation sites excluding steroid dienone is 2. The highest BCUT2D eigenvalue weighted by Gasteiger charge is 1.90. The second-order valence-electron chi connectivity index (χ2n) is 3.97. The van der Waals surface area contributed by atoms with E-state index >= 15 is 0 Å². The maximum Gasteiger partial charge on any atom is 0.00922 e. The number of hydrogen-bond acceptors (Lipinski definition) is 0. The van der Waals surface area contributed by atoms with Crippen molar-refractivity contribution in [3.05, 3.63) is 42.0 Å². The van der Waals surface area contributed by atoms with Crippen LogP contribution < -0.4 is 0 Å². The van der Waals surface area contributed by atoms with Gasteiger partial charge in [-0.1, -0.05) is 61.9 Å². The van der Waals surface area contributed by atoms with Gasteiger partial charge in [-0.15, -0.1) is 0 Å². The van der Waals surface area contributed by atoms with E-state index in [-0.39, 0.29) is 0 Å². The van der Waals surface area contributed by atoms with Crippen LogP contribution in [0, 0.1) is 11.8 Å². The van der Waals surface area contributed by atoms with Crippen LogP contribution in [0.2, 0.25) is 0 Å². The molecule has 0 bridgehead atoms. The van der Waals surface area contributed by atoms with E-state index in [0.717, 1.165) is 6.42 Å². The zero-order valence-corrected chi connectivity index (χ0v) is 10.3. The van der Waals surface area contributed by atoms with Crippen LogP contribution in [0.1, 0.15) is 45.1 Å². The first kappa shape index (κ1) is 12.6. The Morgan fingerprint density at radius 1 is 1.19 bits per heavy atom.